The van der Waals surface area contributed by atoms with Crippen LogP contribution in [0.5, 0.6) is 0 Å². The number of carbonyl (C=O) groups excluding carboxylic acids is 1. The number of pyridine rings is 1. The Bertz CT molecular complexity index is 1010. The normalized spacial score (nSPS) is 14.1. The van der Waals surface area contributed by atoms with Crippen molar-refractivity contribution in [1.82, 2.24) is 24.6 Å². The molecule has 0 saturated carbocycles. The zero-order valence-corrected chi connectivity index (χ0v) is 18.8. The molecule has 0 atom stereocenters. The number of aromatic nitrogens is 4. The third kappa shape index (κ3) is 4.65. The SMILES string of the molecule is CCc1cccc(CC)c1-n1c(SCC(=O)N2CCOCC2)nnc1-c1cccnc1. The van der Waals surface area contributed by atoms with Crippen molar-refractivity contribution in [2.45, 2.75) is 31.8 Å². The minimum absolute atomic E-state index is 0.102. The Labute approximate surface area is 186 Å². The van der Waals surface area contributed by atoms with E-state index in [2.05, 4.69) is 51.8 Å². The number of para-hydroxylation sites is 1. The van der Waals surface area contributed by atoms with Crippen LogP contribution < -0.4 is 0 Å². The molecule has 31 heavy (non-hydrogen) atoms. The maximum absolute atomic E-state index is 12.7. The van der Waals surface area contributed by atoms with Gasteiger partial charge in [-0.2, -0.15) is 0 Å². The molecule has 1 aliphatic heterocycles. The summed E-state index contributed by atoms with van der Waals surface area (Å²) in [5, 5.41) is 9.72. The van der Waals surface area contributed by atoms with Gasteiger partial charge in [-0.15, -0.1) is 10.2 Å². The molecule has 3 aromatic rings. The number of carbonyl (C=O) groups is 1. The lowest BCUT2D eigenvalue weighted by Crippen LogP contribution is -2.41. The van der Waals surface area contributed by atoms with Crippen molar-refractivity contribution in [2.75, 3.05) is 32.1 Å². The highest BCUT2D eigenvalue weighted by Gasteiger charge is 2.23. The Balaban J connectivity index is 1.74. The summed E-state index contributed by atoms with van der Waals surface area (Å²) in [7, 11) is 0. The van der Waals surface area contributed by atoms with E-state index in [0.29, 0.717) is 32.1 Å². The van der Waals surface area contributed by atoms with E-state index in [9.17, 15) is 4.79 Å². The van der Waals surface area contributed by atoms with Crippen LogP contribution in [0.3, 0.4) is 0 Å². The van der Waals surface area contributed by atoms with E-state index in [-0.39, 0.29) is 5.91 Å². The molecule has 162 valence electrons. The summed E-state index contributed by atoms with van der Waals surface area (Å²) in [6.07, 6.45) is 5.33. The van der Waals surface area contributed by atoms with E-state index >= 15 is 0 Å². The first-order chi connectivity index (χ1) is 15.2. The van der Waals surface area contributed by atoms with Crippen molar-refractivity contribution in [3.05, 3.63) is 53.9 Å². The van der Waals surface area contributed by atoms with Crippen molar-refractivity contribution in [3.63, 3.8) is 0 Å². The van der Waals surface area contributed by atoms with Gasteiger partial charge in [0.2, 0.25) is 5.91 Å². The van der Waals surface area contributed by atoms with E-state index in [1.54, 1.807) is 12.4 Å². The summed E-state index contributed by atoms with van der Waals surface area (Å²) >= 11 is 1.43. The third-order valence-electron chi connectivity index (χ3n) is 5.43. The van der Waals surface area contributed by atoms with E-state index in [0.717, 1.165) is 35.1 Å². The summed E-state index contributed by atoms with van der Waals surface area (Å²) < 4.78 is 7.46. The van der Waals surface area contributed by atoms with Crippen LogP contribution in [0.4, 0.5) is 0 Å². The van der Waals surface area contributed by atoms with Crippen LogP contribution in [0.25, 0.3) is 17.1 Å². The molecule has 2 aromatic heterocycles. The molecule has 1 aromatic carbocycles. The maximum atomic E-state index is 12.7. The zero-order chi connectivity index (χ0) is 21.6. The number of hydrogen-bond acceptors (Lipinski definition) is 6. The number of nitrogens with zero attached hydrogens (tertiary/aromatic N) is 5. The van der Waals surface area contributed by atoms with E-state index in [1.807, 2.05) is 17.0 Å². The average Bonchev–Trinajstić information content (AvgIpc) is 3.26. The summed E-state index contributed by atoms with van der Waals surface area (Å²) in [5.41, 5.74) is 4.46. The van der Waals surface area contributed by atoms with Crippen molar-refractivity contribution in [3.8, 4) is 17.1 Å². The fraction of sp³-hybridized carbons (Fsp3) is 0.391. The van der Waals surface area contributed by atoms with E-state index < -0.39 is 0 Å². The highest BCUT2D eigenvalue weighted by Crippen LogP contribution is 2.32. The first-order valence-electron chi connectivity index (χ1n) is 10.7. The van der Waals surface area contributed by atoms with Gasteiger partial charge in [0.15, 0.2) is 11.0 Å². The average molecular weight is 438 g/mol. The van der Waals surface area contributed by atoms with Gasteiger partial charge in [0.05, 0.1) is 24.7 Å². The molecule has 0 spiro atoms. The minimum Gasteiger partial charge on any atom is -0.378 e. The van der Waals surface area contributed by atoms with Gasteiger partial charge in [0.1, 0.15) is 0 Å². The molecule has 1 saturated heterocycles. The van der Waals surface area contributed by atoms with Crippen LogP contribution in [0, 0.1) is 0 Å². The van der Waals surface area contributed by atoms with E-state index in [1.165, 1.54) is 22.9 Å². The smallest absolute Gasteiger partial charge is 0.233 e. The van der Waals surface area contributed by atoms with Gasteiger partial charge in [0, 0.05) is 31.0 Å². The Morgan fingerprint density at radius 1 is 1.06 bits per heavy atom. The van der Waals surface area contributed by atoms with Gasteiger partial charge in [0.25, 0.3) is 0 Å². The number of aryl methyl sites for hydroxylation is 2. The lowest BCUT2D eigenvalue weighted by molar-refractivity contribution is -0.132. The highest BCUT2D eigenvalue weighted by atomic mass is 32.2. The van der Waals surface area contributed by atoms with Crippen LogP contribution in [0.2, 0.25) is 0 Å². The summed E-state index contributed by atoms with van der Waals surface area (Å²) in [6, 6.07) is 10.3. The van der Waals surface area contributed by atoms with Gasteiger partial charge in [-0.3, -0.25) is 14.3 Å². The molecule has 0 aliphatic carbocycles. The molecule has 7 nitrogen and oxygen atoms in total. The van der Waals surface area contributed by atoms with Crippen molar-refractivity contribution < 1.29 is 9.53 Å². The number of morpholine rings is 1. The first kappa shape index (κ1) is 21.5. The molecule has 0 bridgehead atoms. The van der Waals surface area contributed by atoms with Gasteiger partial charge < -0.3 is 9.64 Å². The topological polar surface area (TPSA) is 73.1 Å². The monoisotopic (exact) mass is 437 g/mol. The number of benzene rings is 1. The lowest BCUT2D eigenvalue weighted by Gasteiger charge is -2.26. The van der Waals surface area contributed by atoms with Crippen LogP contribution >= 0.6 is 11.8 Å². The molecule has 1 aliphatic rings. The Hall–Kier alpha value is -2.71. The van der Waals surface area contributed by atoms with Crippen LogP contribution in [-0.4, -0.2) is 62.6 Å². The second-order valence-corrected chi connectivity index (χ2v) is 8.24. The third-order valence-corrected chi connectivity index (χ3v) is 6.34. The standard InChI is InChI=1S/C23H27N5O2S/c1-3-17-7-5-8-18(4-2)21(17)28-22(19-9-6-10-24-15-19)25-26-23(28)31-16-20(29)27-11-13-30-14-12-27/h5-10,15H,3-4,11-14,16H2,1-2H3. The number of rotatable bonds is 7. The van der Waals surface area contributed by atoms with E-state index in [4.69, 9.17) is 4.74 Å². The van der Waals surface area contributed by atoms with Gasteiger partial charge in [-0.25, -0.2) is 0 Å². The van der Waals surface area contributed by atoms with Crippen LogP contribution in [-0.2, 0) is 22.4 Å². The summed E-state index contributed by atoms with van der Waals surface area (Å²) in [5.74, 6) is 1.16. The fourth-order valence-electron chi connectivity index (χ4n) is 3.78. The molecule has 4 rings (SSSR count). The van der Waals surface area contributed by atoms with Crippen molar-refractivity contribution in [1.29, 1.82) is 0 Å². The van der Waals surface area contributed by atoms with Crippen molar-refractivity contribution in [2.24, 2.45) is 0 Å². The Morgan fingerprint density at radius 2 is 1.81 bits per heavy atom. The molecular weight excluding hydrogens is 410 g/mol. The van der Waals surface area contributed by atoms with Gasteiger partial charge >= 0.3 is 0 Å². The second-order valence-electron chi connectivity index (χ2n) is 7.30. The predicted molar refractivity (Wildman–Crippen MR) is 121 cm³/mol. The first-order valence-corrected chi connectivity index (χ1v) is 11.7. The molecule has 1 amide bonds. The number of amides is 1. The Kier molecular flexibility index (Phi) is 6.99. The summed E-state index contributed by atoms with van der Waals surface area (Å²) in [6.45, 7) is 6.79. The molecule has 0 radical (unpaired) electrons. The molecule has 8 heteroatoms. The molecule has 1 fully saturated rings. The second kappa shape index (κ2) is 10.1. The lowest BCUT2D eigenvalue weighted by atomic mass is 10.0. The zero-order valence-electron chi connectivity index (χ0n) is 18.0. The molecule has 0 unspecified atom stereocenters. The van der Waals surface area contributed by atoms with Gasteiger partial charge in [-0.05, 0) is 36.1 Å². The summed E-state index contributed by atoms with van der Waals surface area (Å²) in [4.78, 5) is 18.8. The van der Waals surface area contributed by atoms with Crippen molar-refractivity contribution >= 4 is 17.7 Å². The molecule has 3 heterocycles. The number of ether oxygens (including phenoxy) is 1. The van der Waals surface area contributed by atoms with Gasteiger partial charge in [-0.1, -0.05) is 43.8 Å². The largest absolute Gasteiger partial charge is 0.378 e. The highest BCUT2D eigenvalue weighted by molar-refractivity contribution is 7.99. The quantitative estimate of drug-likeness (QED) is 0.528. The molecular formula is C23H27N5O2S. The minimum atomic E-state index is 0.102. The van der Waals surface area contributed by atoms with Crippen LogP contribution in [0.1, 0.15) is 25.0 Å². The number of thioether (sulfide) groups is 1. The van der Waals surface area contributed by atoms with Crippen LogP contribution in [0.15, 0.2) is 47.9 Å². The number of hydrogen-bond donors (Lipinski definition) is 0. The Morgan fingerprint density at radius 3 is 2.45 bits per heavy atom. The maximum Gasteiger partial charge on any atom is 0.233 e. The predicted octanol–water partition coefficient (Wildman–Crippen LogP) is 3.41. The molecule has 0 N–H and O–H groups in total. The fourth-order valence-corrected chi connectivity index (χ4v) is 4.62.